The Labute approximate surface area is 197 Å². The molecule has 184 valence electrons. The second-order valence-corrected chi connectivity index (χ2v) is 10.8. The fraction of sp³-hybridized carbons (Fsp3) is 0.680. The second kappa shape index (κ2) is 12.6. The van der Waals surface area contributed by atoms with Crippen molar-refractivity contribution in [3.8, 4) is 0 Å². The van der Waals surface area contributed by atoms with Crippen molar-refractivity contribution in [1.29, 1.82) is 0 Å². The number of hydrogen-bond donors (Lipinski definition) is 1. The number of rotatable bonds is 11. The van der Waals surface area contributed by atoms with Crippen LogP contribution >= 0.6 is 0 Å². The van der Waals surface area contributed by atoms with Gasteiger partial charge in [0.25, 0.3) is 10.1 Å². The maximum Gasteiger partial charge on any atom is 0.338 e. The van der Waals surface area contributed by atoms with E-state index in [0.29, 0.717) is 18.4 Å². The second-order valence-electron chi connectivity index (χ2n) is 9.42. The molecule has 2 aliphatic carbocycles. The van der Waals surface area contributed by atoms with Gasteiger partial charge < -0.3 is 9.47 Å². The lowest BCUT2D eigenvalue weighted by molar-refractivity contribution is 0.0474. The molecule has 2 aliphatic rings. The zero-order valence-electron chi connectivity index (χ0n) is 19.3. The molecule has 2 saturated carbocycles. The molecule has 1 N–H and O–H groups in total. The number of Topliss-reactive ketones (excluding diaryl/α,β-unsaturated/α-hetero) is 1. The molecule has 7 nitrogen and oxygen atoms in total. The highest BCUT2D eigenvalue weighted by molar-refractivity contribution is 7.85. The van der Waals surface area contributed by atoms with Crippen molar-refractivity contribution in [3.05, 3.63) is 29.3 Å². The highest BCUT2D eigenvalue weighted by Crippen LogP contribution is 2.27. The van der Waals surface area contributed by atoms with Crippen molar-refractivity contribution in [3.63, 3.8) is 0 Å². The number of benzene rings is 1. The van der Waals surface area contributed by atoms with E-state index in [4.69, 9.17) is 9.47 Å². The summed E-state index contributed by atoms with van der Waals surface area (Å²) in [6.45, 7) is 0.495. The molecule has 3 rings (SSSR count). The summed E-state index contributed by atoms with van der Waals surface area (Å²) < 4.78 is 43.8. The summed E-state index contributed by atoms with van der Waals surface area (Å²) >= 11 is 0. The Morgan fingerprint density at radius 1 is 0.818 bits per heavy atom. The van der Waals surface area contributed by atoms with Crippen molar-refractivity contribution >= 4 is 21.9 Å². The topological polar surface area (TPSA) is 107 Å². The van der Waals surface area contributed by atoms with Gasteiger partial charge >= 0.3 is 5.97 Å². The van der Waals surface area contributed by atoms with E-state index in [9.17, 15) is 22.6 Å². The van der Waals surface area contributed by atoms with Crippen molar-refractivity contribution in [2.24, 2.45) is 11.8 Å². The van der Waals surface area contributed by atoms with Gasteiger partial charge in [-0.1, -0.05) is 64.2 Å². The van der Waals surface area contributed by atoms with Crippen LogP contribution in [-0.4, -0.2) is 44.5 Å². The van der Waals surface area contributed by atoms with E-state index in [1.165, 1.54) is 57.4 Å². The van der Waals surface area contributed by atoms with Crippen LogP contribution in [0.5, 0.6) is 0 Å². The summed E-state index contributed by atoms with van der Waals surface area (Å²) in [4.78, 5) is 24.6. The number of ketones is 1. The number of hydrogen-bond acceptors (Lipinski definition) is 6. The third-order valence-electron chi connectivity index (χ3n) is 6.87. The van der Waals surface area contributed by atoms with Gasteiger partial charge in [0.1, 0.15) is 6.61 Å². The van der Waals surface area contributed by atoms with Crippen LogP contribution in [0.1, 0.15) is 97.8 Å². The molecular weight excluding hydrogens is 444 g/mol. The van der Waals surface area contributed by atoms with E-state index in [2.05, 4.69) is 0 Å². The molecule has 0 atom stereocenters. The molecular formula is C25H36O7S. The van der Waals surface area contributed by atoms with Crippen LogP contribution in [-0.2, 0) is 19.6 Å². The molecule has 1 aromatic carbocycles. The lowest BCUT2D eigenvalue weighted by Gasteiger charge is -2.21. The highest BCUT2D eigenvalue weighted by atomic mass is 32.2. The minimum atomic E-state index is -4.59. The molecule has 2 fully saturated rings. The van der Waals surface area contributed by atoms with Crippen LogP contribution in [0.3, 0.4) is 0 Å². The van der Waals surface area contributed by atoms with Crippen LogP contribution in [0, 0.1) is 11.8 Å². The SMILES string of the molecule is O=C(COCCC1CCCCC1)c1cc(C(=O)OCCC2CCCCC2)cc(S(=O)(=O)O)c1. The zero-order chi connectivity index (χ0) is 23.7. The van der Waals surface area contributed by atoms with Gasteiger partial charge in [-0.15, -0.1) is 0 Å². The third-order valence-corrected chi connectivity index (χ3v) is 7.71. The molecule has 0 aliphatic heterocycles. The van der Waals surface area contributed by atoms with Crippen molar-refractivity contribution in [2.75, 3.05) is 19.8 Å². The fourth-order valence-electron chi connectivity index (χ4n) is 4.88. The van der Waals surface area contributed by atoms with Gasteiger partial charge in [0.05, 0.1) is 17.1 Å². The Morgan fingerprint density at radius 3 is 1.94 bits per heavy atom. The number of carbonyl (C=O) groups is 2. The first-order valence-corrected chi connectivity index (χ1v) is 13.7. The van der Waals surface area contributed by atoms with Crippen LogP contribution in [0.15, 0.2) is 23.1 Å². The average molecular weight is 481 g/mol. The van der Waals surface area contributed by atoms with E-state index >= 15 is 0 Å². The van der Waals surface area contributed by atoms with Crippen LogP contribution in [0.25, 0.3) is 0 Å². The molecule has 0 saturated heterocycles. The summed E-state index contributed by atoms with van der Waals surface area (Å²) in [7, 11) is -4.59. The number of ether oxygens (including phenoxy) is 2. The Balaban J connectivity index is 1.57. The van der Waals surface area contributed by atoms with E-state index < -0.39 is 26.8 Å². The van der Waals surface area contributed by atoms with E-state index in [0.717, 1.165) is 37.8 Å². The molecule has 0 spiro atoms. The first-order chi connectivity index (χ1) is 15.8. The van der Waals surface area contributed by atoms with E-state index in [1.807, 2.05) is 0 Å². The first kappa shape index (κ1) is 25.8. The normalized spacial score (nSPS) is 18.2. The first-order valence-electron chi connectivity index (χ1n) is 12.2. The largest absolute Gasteiger partial charge is 0.462 e. The Kier molecular flexibility index (Phi) is 9.89. The van der Waals surface area contributed by atoms with Crippen LogP contribution in [0.4, 0.5) is 0 Å². The van der Waals surface area contributed by atoms with Crippen molar-refractivity contribution in [1.82, 2.24) is 0 Å². The lowest BCUT2D eigenvalue weighted by atomic mass is 9.87. The van der Waals surface area contributed by atoms with Gasteiger partial charge in [0.2, 0.25) is 0 Å². The van der Waals surface area contributed by atoms with Crippen LogP contribution < -0.4 is 0 Å². The quantitative estimate of drug-likeness (QED) is 0.200. The minimum Gasteiger partial charge on any atom is -0.462 e. The molecule has 0 bridgehead atoms. The molecule has 0 radical (unpaired) electrons. The Bertz CT molecular complexity index is 897. The molecule has 0 amide bonds. The Morgan fingerprint density at radius 2 is 1.36 bits per heavy atom. The van der Waals surface area contributed by atoms with Gasteiger partial charge in [-0.05, 0) is 42.9 Å². The van der Waals surface area contributed by atoms with E-state index in [-0.39, 0.29) is 24.3 Å². The standard InChI is InChI=1S/C25H36O7S/c26-24(18-31-13-11-19-7-3-1-4-8-19)21-15-22(17-23(16-21)33(28,29)30)25(27)32-14-12-20-9-5-2-6-10-20/h15-17,19-20H,1-14,18H2,(H,28,29,30). The van der Waals surface area contributed by atoms with Crippen molar-refractivity contribution in [2.45, 2.75) is 81.9 Å². The average Bonchev–Trinajstić information content (AvgIpc) is 2.82. The molecule has 8 heteroatoms. The van der Waals surface area contributed by atoms with Gasteiger partial charge in [-0.25, -0.2) is 4.79 Å². The van der Waals surface area contributed by atoms with Gasteiger partial charge in [-0.2, -0.15) is 8.42 Å². The van der Waals surface area contributed by atoms with Gasteiger partial charge in [0, 0.05) is 12.2 Å². The van der Waals surface area contributed by atoms with Gasteiger partial charge in [-0.3, -0.25) is 9.35 Å². The van der Waals surface area contributed by atoms with E-state index in [1.54, 1.807) is 0 Å². The molecule has 1 aromatic rings. The smallest absolute Gasteiger partial charge is 0.338 e. The van der Waals surface area contributed by atoms with Crippen molar-refractivity contribution < 1.29 is 32.0 Å². The molecule has 33 heavy (non-hydrogen) atoms. The maximum atomic E-state index is 12.6. The monoisotopic (exact) mass is 480 g/mol. The predicted molar refractivity (Wildman–Crippen MR) is 124 cm³/mol. The minimum absolute atomic E-state index is 0.00187. The summed E-state index contributed by atoms with van der Waals surface area (Å²) in [5, 5.41) is 0. The zero-order valence-corrected chi connectivity index (χ0v) is 20.1. The van der Waals surface area contributed by atoms with Crippen LogP contribution in [0.2, 0.25) is 0 Å². The van der Waals surface area contributed by atoms with Gasteiger partial charge in [0.15, 0.2) is 5.78 Å². The summed E-state index contributed by atoms with van der Waals surface area (Å²) in [6, 6.07) is 3.42. The predicted octanol–water partition coefficient (Wildman–Crippen LogP) is 5.23. The summed E-state index contributed by atoms with van der Waals surface area (Å²) in [6.07, 6.45) is 13.7. The highest BCUT2D eigenvalue weighted by Gasteiger charge is 2.21. The maximum absolute atomic E-state index is 12.6. The summed E-state index contributed by atoms with van der Waals surface area (Å²) in [5.41, 5.74) is -0.0682. The number of esters is 1. The molecule has 0 heterocycles. The fourth-order valence-corrected chi connectivity index (χ4v) is 5.43. The molecule has 0 aromatic heterocycles. The number of carbonyl (C=O) groups excluding carboxylic acids is 2. The molecule has 0 unspecified atom stereocenters. The third kappa shape index (κ3) is 8.50. The lowest BCUT2D eigenvalue weighted by Crippen LogP contribution is -2.16. The Hall–Kier alpha value is -1.77. The summed E-state index contributed by atoms with van der Waals surface area (Å²) in [5.74, 6) is 0.0225.